The molecule has 2 atom stereocenters. The van der Waals surface area contributed by atoms with Crippen LogP contribution in [0.5, 0.6) is 5.75 Å². The fourth-order valence-electron chi connectivity index (χ4n) is 5.66. The third kappa shape index (κ3) is 4.28. The minimum Gasteiger partial charge on any atom is -0.497 e. The van der Waals surface area contributed by atoms with E-state index in [0.29, 0.717) is 5.92 Å². The lowest BCUT2D eigenvalue weighted by Gasteiger charge is -2.32. The Balaban J connectivity index is 1.44. The van der Waals surface area contributed by atoms with Gasteiger partial charge in [-0.15, -0.1) is 0 Å². The number of carbonyl (C=O) groups excluding carboxylic acids is 1. The molecule has 3 aliphatic rings. The molecule has 164 valence electrons. The van der Waals surface area contributed by atoms with Gasteiger partial charge in [0.25, 0.3) is 5.91 Å². The smallest absolute Gasteiger partial charge is 0.254 e. The van der Waals surface area contributed by atoms with Gasteiger partial charge in [-0.25, -0.2) is 0 Å². The molecule has 0 aromatic heterocycles. The zero-order valence-corrected chi connectivity index (χ0v) is 18.5. The summed E-state index contributed by atoms with van der Waals surface area (Å²) in [7, 11) is 3.43. The van der Waals surface area contributed by atoms with Crippen LogP contribution in [0.1, 0.15) is 57.8 Å². The van der Waals surface area contributed by atoms with Gasteiger partial charge in [-0.05, 0) is 49.7 Å². The van der Waals surface area contributed by atoms with Crippen molar-refractivity contribution in [1.82, 2.24) is 10.2 Å². The van der Waals surface area contributed by atoms with Gasteiger partial charge in [0, 0.05) is 31.9 Å². The van der Waals surface area contributed by atoms with E-state index in [2.05, 4.69) is 22.3 Å². The molecule has 0 bridgehead atoms. The van der Waals surface area contributed by atoms with Crippen LogP contribution < -0.4 is 15.0 Å². The molecule has 4 rings (SSSR count). The quantitative estimate of drug-likeness (QED) is 0.710. The van der Waals surface area contributed by atoms with Gasteiger partial charge in [-0.2, -0.15) is 0 Å². The van der Waals surface area contributed by atoms with Gasteiger partial charge in [0.2, 0.25) is 0 Å². The molecule has 1 amide bonds. The molecular formula is C24H36N4O2. The van der Waals surface area contributed by atoms with Crippen LogP contribution in [-0.4, -0.2) is 49.6 Å². The average Bonchev–Trinajstić information content (AvgIpc) is 3.32. The first-order valence-corrected chi connectivity index (χ1v) is 11.5. The van der Waals surface area contributed by atoms with Gasteiger partial charge in [0.1, 0.15) is 11.3 Å². The highest BCUT2D eigenvalue weighted by Gasteiger charge is 2.49. The maximum absolute atomic E-state index is 13.2. The van der Waals surface area contributed by atoms with E-state index >= 15 is 0 Å². The van der Waals surface area contributed by atoms with Gasteiger partial charge in [0.05, 0.1) is 7.11 Å². The number of likely N-dealkylation sites (N-methyl/N-ethyl adjacent to an activating group) is 1. The van der Waals surface area contributed by atoms with E-state index < -0.39 is 5.54 Å². The predicted octanol–water partition coefficient (Wildman–Crippen LogP) is 4.01. The molecule has 1 unspecified atom stereocenters. The number of amides is 1. The molecule has 0 spiro atoms. The van der Waals surface area contributed by atoms with E-state index in [0.717, 1.165) is 50.4 Å². The van der Waals surface area contributed by atoms with Crippen LogP contribution in [0.2, 0.25) is 0 Å². The zero-order valence-electron chi connectivity index (χ0n) is 18.5. The Morgan fingerprint density at radius 2 is 2.00 bits per heavy atom. The van der Waals surface area contributed by atoms with Crippen LogP contribution in [0.25, 0.3) is 0 Å². The summed E-state index contributed by atoms with van der Waals surface area (Å²) in [4.78, 5) is 17.1. The highest BCUT2D eigenvalue weighted by Crippen LogP contribution is 2.37. The first-order valence-electron chi connectivity index (χ1n) is 11.5. The summed E-state index contributed by atoms with van der Waals surface area (Å²) in [5.41, 5.74) is 0.585. The van der Waals surface area contributed by atoms with E-state index in [-0.39, 0.29) is 11.9 Å². The topological polar surface area (TPSA) is 68.7 Å². The molecule has 2 aliphatic heterocycles. The molecule has 2 saturated heterocycles. The summed E-state index contributed by atoms with van der Waals surface area (Å²) in [6.45, 7) is 1.95. The number of carbonyl (C=O) groups is 1. The molecule has 0 radical (unpaired) electrons. The van der Waals surface area contributed by atoms with Crippen LogP contribution in [0.4, 0.5) is 5.69 Å². The van der Waals surface area contributed by atoms with E-state index in [1.807, 2.05) is 12.1 Å². The van der Waals surface area contributed by atoms with E-state index in [4.69, 9.17) is 10.1 Å². The number of anilines is 1. The Hall–Kier alpha value is -2.24. The minimum absolute atomic E-state index is 0.0862. The fourth-order valence-corrected chi connectivity index (χ4v) is 5.66. The third-order valence-corrected chi connectivity index (χ3v) is 7.45. The van der Waals surface area contributed by atoms with Crippen LogP contribution in [0.3, 0.4) is 0 Å². The summed E-state index contributed by atoms with van der Waals surface area (Å²) in [5, 5.41) is 11.6. The van der Waals surface area contributed by atoms with Crippen molar-refractivity contribution >= 4 is 17.6 Å². The molecule has 1 saturated carbocycles. The van der Waals surface area contributed by atoms with Crippen molar-refractivity contribution in [3.05, 3.63) is 24.3 Å². The monoisotopic (exact) mass is 412 g/mol. The van der Waals surface area contributed by atoms with Crippen LogP contribution in [-0.2, 0) is 4.79 Å². The second-order valence-corrected chi connectivity index (χ2v) is 9.47. The van der Waals surface area contributed by atoms with Crippen molar-refractivity contribution in [3.63, 3.8) is 0 Å². The highest BCUT2D eigenvalue weighted by atomic mass is 16.5. The lowest BCUT2D eigenvalue weighted by atomic mass is 9.78. The molecular weight excluding hydrogens is 376 g/mol. The van der Waals surface area contributed by atoms with Crippen LogP contribution in [0, 0.1) is 17.2 Å². The van der Waals surface area contributed by atoms with Crippen molar-refractivity contribution in [3.8, 4) is 5.75 Å². The molecule has 30 heavy (non-hydrogen) atoms. The van der Waals surface area contributed by atoms with Crippen molar-refractivity contribution in [2.75, 3.05) is 32.1 Å². The van der Waals surface area contributed by atoms with E-state index in [1.54, 1.807) is 14.2 Å². The highest BCUT2D eigenvalue weighted by molar-refractivity contribution is 6.07. The van der Waals surface area contributed by atoms with Crippen molar-refractivity contribution in [1.29, 1.82) is 5.41 Å². The fraction of sp³-hybridized carbons (Fsp3) is 0.667. The normalized spacial score (nSPS) is 27.6. The standard InChI is InChI=1S/C24H36N4O2/c1-27-22(29)24(26-23(27)25,13-11-18-7-4-3-5-8-18)16-19-12-14-28(17-19)20-9-6-10-21(15-20)30-2/h6,9-10,15,18-19H,3-5,7-8,11-14,16-17H2,1-2H3,(H2,25,26)/t19?,24-/m1/s1. The molecule has 3 fully saturated rings. The number of benzene rings is 1. The minimum atomic E-state index is -0.599. The number of rotatable bonds is 7. The van der Waals surface area contributed by atoms with Gasteiger partial charge >= 0.3 is 0 Å². The average molecular weight is 413 g/mol. The van der Waals surface area contributed by atoms with Crippen LogP contribution in [0.15, 0.2) is 24.3 Å². The molecule has 1 aliphatic carbocycles. The lowest BCUT2D eigenvalue weighted by molar-refractivity contribution is -0.131. The molecule has 1 aromatic carbocycles. The number of ether oxygens (including phenoxy) is 1. The number of hydrogen-bond donors (Lipinski definition) is 2. The maximum Gasteiger partial charge on any atom is 0.254 e. The third-order valence-electron chi connectivity index (χ3n) is 7.45. The summed E-state index contributed by atoms with van der Waals surface area (Å²) in [5.74, 6) is 2.40. The Morgan fingerprint density at radius 1 is 1.20 bits per heavy atom. The number of nitrogens with one attached hydrogen (secondary N) is 2. The van der Waals surface area contributed by atoms with Crippen molar-refractivity contribution < 1.29 is 9.53 Å². The molecule has 2 N–H and O–H groups in total. The Morgan fingerprint density at radius 3 is 2.70 bits per heavy atom. The van der Waals surface area contributed by atoms with Crippen molar-refractivity contribution in [2.45, 2.75) is 63.3 Å². The Labute approximate surface area is 180 Å². The Bertz CT molecular complexity index is 776. The van der Waals surface area contributed by atoms with Crippen LogP contribution >= 0.6 is 0 Å². The molecule has 1 aromatic rings. The van der Waals surface area contributed by atoms with Gasteiger partial charge in [0.15, 0.2) is 5.96 Å². The first-order chi connectivity index (χ1) is 14.5. The number of hydrogen-bond acceptors (Lipinski definition) is 4. The van der Waals surface area contributed by atoms with Crippen molar-refractivity contribution in [2.24, 2.45) is 11.8 Å². The van der Waals surface area contributed by atoms with Gasteiger partial charge < -0.3 is 15.0 Å². The second kappa shape index (κ2) is 8.86. The zero-order chi connectivity index (χ0) is 21.1. The molecule has 6 nitrogen and oxygen atoms in total. The van der Waals surface area contributed by atoms with E-state index in [9.17, 15) is 4.79 Å². The lowest BCUT2D eigenvalue weighted by Crippen LogP contribution is -2.49. The second-order valence-electron chi connectivity index (χ2n) is 9.47. The first kappa shape index (κ1) is 21.0. The Kier molecular flexibility index (Phi) is 6.21. The summed E-state index contributed by atoms with van der Waals surface area (Å²) < 4.78 is 5.38. The van der Waals surface area contributed by atoms with E-state index in [1.165, 1.54) is 42.7 Å². The summed E-state index contributed by atoms with van der Waals surface area (Å²) in [6, 6.07) is 8.22. The predicted molar refractivity (Wildman–Crippen MR) is 120 cm³/mol. The molecule has 6 heteroatoms. The molecule has 2 heterocycles. The summed E-state index contributed by atoms with van der Waals surface area (Å²) in [6.07, 6.45) is 10.4. The number of methoxy groups -OCH3 is 1. The SMILES string of the molecule is COc1cccc(N2CCC(C[C@@]3(CCC4CCCCC4)NC(=N)N(C)C3=O)C2)c1. The van der Waals surface area contributed by atoms with Gasteiger partial charge in [-0.1, -0.05) is 38.2 Å². The summed E-state index contributed by atoms with van der Waals surface area (Å²) >= 11 is 0. The number of nitrogens with zero attached hydrogens (tertiary/aromatic N) is 2. The largest absolute Gasteiger partial charge is 0.497 e. The number of guanidine groups is 1. The van der Waals surface area contributed by atoms with Gasteiger partial charge in [-0.3, -0.25) is 15.1 Å². The maximum atomic E-state index is 13.2.